The molecule has 150 valence electrons. The van der Waals surface area contributed by atoms with Crippen LogP contribution in [0.2, 0.25) is 0 Å². The Labute approximate surface area is 167 Å². The molecule has 28 heavy (non-hydrogen) atoms. The standard InChI is InChI=1S/C19H26BN3O4S/c1-17(2)18(3,4)27-20(26-17)15-8-14(9-21)16(22-10-15)23-11-19(12-23)6-5-7-28(24,25)13-19/h8,10H,5-7,11-13H2,1-4H3. The predicted octanol–water partition coefficient (Wildman–Crippen LogP) is 1.27. The van der Waals surface area contributed by atoms with E-state index in [1.54, 1.807) is 12.3 Å². The monoisotopic (exact) mass is 403 g/mol. The molecule has 3 saturated heterocycles. The average molecular weight is 403 g/mol. The fraction of sp³-hybridized carbons (Fsp3) is 0.684. The number of pyridine rings is 1. The first-order valence-corrected chi connectivity index (χ1v) is 11.5. The van der Waals surface area contributed by atoms with E-state index in [0.717, 1.165) is 18.3 Å². The third kappa shape index (κ3) is 3.21. The van der Waals surface area contributed by atoms with E-state index in [1.165, 1.54) is 0 Å². The van der Waals surface area contributed by atoms with Crippen LogP contribution in [0.4, 0.5) is 5.82 Å². The van der Waals surface area contributed by atoms with Crippen molar-refractivity contribution in [3.8, 4) is 6.07 Å². The summed E-state index contributed by atoms with van der Waals surface area (Å²) >= 11 is 0. The van der Waals surface area contributed by atoms with E-state index in [9.17, 15) is 13.7 Å². The van der Waals surface area contributed by atoms with Crippen LogP contribution in [0.1, 0.15) is 46.1 Å². The van der Waals surface area contributed by atoms with Gasteiger partial charge >= 0.3 is 7.12 Å². The first kappa shape index (κ1) is 19.7. The molecule has 1 aromatic heterocycles. The molecule has 0 saturated carbocycles. The highest BCUT2D eigenvalue weighted by Gasteiger charge is 2.52. The van der Waals surface area contributed by atoms with Crippen molar-refractivity contribution in [1.82, 2.24) is 4.98 Å². The van der Waals surface area contributed by atoms with Gasteiger partial charge in [0.05, 0.1) is 28.3 Å². The van der Waals surface area contributed by atoms with E-state index in [1.807, 2.05) is 32.6 Å². The van der Waals surface area contributed by atoms with Crippen LogP contribution in [-0.2, 0) is 19.1 Å². The Morgan fingerprint density at radius 2 is 1.86 bits per heavy atom. The molecule has 4 heterocycles. The Balaban J connectivity index is 1.53. The zero-order chi connectivity index (χ0) is 20.4. The summed E-state index contributed by atoms with van der Waals surface area (Å²) in [5, 5.41) is 9.65. The molecule has 4 rings (SSSR count). The second-order valence-corrected chi connectivity index (χ2v) is 11.6. The minimum atomic E-state index is -2.96. The Morgan fingerprint density at radius 3 is 2.43 bits per heavy atom. The number of nitrogens with zero attached hydrogens (tertiary/aromatic N) is 3. The number of rotatable bonds is 2. The van der Waals surface area contributed by atoms with Gasteiger partial charge in [0.25, 0.3) is 0 Å². The van der Waals surface area contributed by atoms with Crippen LogP contribution < -0.4 is 10.4 Å². The molecular weight excluding hydrogens is 377 g/mol. The van der Waals surface area contributed by atoms with Crippen LogP contribution in [0.5, 0.6) is 0 Å². The summed E-state index contributed by atoms with van der Waals surface area (Å²) in [7, 11) is -3.52. The van der Waals surface area contributed by atoms with Gasteiger partial charge in [0.15, 0.2) is 9.84 Å². The normalized spacial score (nSPS) is 26.7. The summed E-state index contributed by atoms with van der Waals surface area (Å²) in [6.07, 6.45) is 3.33. The second kappa shape index (κ2) is 6.18. The smallest absolute Gasteiger partial charge is 0.399 e. The van der Waals surface area contributed by atoms with E-state index in [-0.39, 0.29) is 11.2 Å². The molecule has 0 aromatic carbocycles. The molecule has 3 aliphatic heterocycles. The topological polar surface area (TPSA) is 92.5 Å². The molecule has 0 unspecified atom stereocenters. The largest absolute Gasteiger partial charge is 0.496 e. The first-order chi connectivity index (χ1) is 13.0. The van der Waals surface area contributed by atoms with Crippen molar-refractivity contribution >= 4 is 28.2 Å². The first-order valence-electron chi connectivity index (χ1n) is 9.67. The van der Waals surface area contributed by atoms with E-state index < -0.39 is 28.2 Å². The highest BCUT2D eigenvalue weighted by molar-refractivity contribution is 7.91. The summed E-state index contributed by atoms with van der Waals surface area (Å²) < 4.78 is 36.1. The van der Waals surface area contributed by atoms with Gasteiger partial charge in [0.2, 0.25) is 0 Å². The minimum Gasteiger partial charge on any atom is -0.399 e. The van der Waals surface area contributed by atoms with Crippen LogP contribution in [0.3, 0.4) is 0 Å². The van der Waals surface area contributed by atoms with E-state index in [2.05, 4.69) is 11.1 Å². The molecule has 9 heteroatoms. The molecule has 0 aliphatic carbocycles. The molecule has 0 radical (unpaired) electrons. The fourth-order valence-corrected chi connectivity index (χ4v) is 6.34. The summed E-state index contributed by atoms with van der Waals surface area (Å²) in [4.78, 5) is 6.53. The number of hydrogen-bond donors (Lipinski definition) is 0. The van der Waals surface area contributed by atoms with Crippen LogP contribution in [0.25, 0.3) is 0 Å². The van der Waals surface area contributed by atoms with Crippen LogP contribution >= 0.6 is 0 Å². The Hall–Kier alpha value is -1.63. The van der Waals surface area contributed by atoms with Crippen molar-refractivity contribution in [2.24, 2.45) is 5.41 Å². The summed E-state index contributed by atoms with van der Waals surface area (Å²) in [5.74, 6) is 1.14. The predicted molar refractivity (Wildman–Crippen MR) is 107 cm³/mol. The van der Waals surface area contributed by atoms with Crippen molar-refractivity contribution in [3.05, 3.63) is 17.8 Å². The van der Waals surface area contributed by atoms with Crippen molar-refractivity contribution in [2.45, 2.75) is 51.7 Å². The lowest BCUT2D eigenvalue weighted by Crippen LogP contribution is -2.61. The zero-order valence-corrected chi connectivity index (χ0v) is 17.7. The van der Waals surface area contributed by atoms with Crippen molar-refractivity contribution in [2.75, 3.05) is 29.5 Å². The summed E-state index contributed by atoms with van der Waals surface area (Å²) in [6.45, 7) is 9.19. The average Bonchev–Trinajstić information content (AvgIpc) is 2.79. The molecule has 3 fully saturated rings. The van der Waals surface area contributed by atoms with Gasteiger partial charge in [-0.15, -0.1) is 0 Å². The Bertz CT molecular complexity index is 932. The number of sulfone groups is 1. The number of hydrogen-bond acceptors (Lipinski definition) is 7. The third-order valence-electron chi connectivity index (χ3n) is 6.57. The molecule has 1 aromatic rings. The lowest BCUT2D eigenvalue weighted by molar-refractivity contribution is 0.00578. The van der Waals surface area contributed by atoms with Gasteiger partial charge in [-0.05, 0) is 46.6 Å². The zero-order valence-electron chi connectivity index (χ0n) is 16.9. The lowest BCUT2D eigenvalue weighted by atomic mass is 9.76. The van der Waals surface area contributed by atoms with Crippen molar-refractivity contribution in [3.63, 3.8) is 0 Å². The van der Waals surface area contributed by atoms with E-state index >= 15 is 0 Å². The Kier molecular flexibility index (Phi) is 4.35. The Morgan fingerprint density at radius 1 is 1.21 bits per heavy atom. The van der Waals surface area contributed by atoms with E-state index in [0.29, 0.717) is 30.2 Å². The molecule has 0 atom stereocenters. The fourth-order valence-electron chi connectivity index (χ4n) is 4.36. The molecule has 3 aliphatic rings. The van der Waals surface area contributed by atoms with Gasteiger partial charge in [-0.1, -0.05) is 0 Å². The van der Waals surface area contributed by atoms with Crippen molar-refractivity contribution < 1.29 is 17.7 Å². The number of aromatic nitrogens is 1. The maximum atomic E-state index is 12.0. The van der Waals surface area contributed by atoms with Gasteiger partial charge in [-0.2, -0.15) is 5.26 Å². The third-order valence-corrected chi connectivity index (χ3v) is 8.54. The molecule has 0 amide bonds. The van der Waals surface area contributed by atoms with Gasteiger partial charge in [0, 0.05) is 30.2 Å². The maximum Gasteiger partial charge on any atom is 0.496 e. The quantitative estimate of drug-likeness (QED) is 0.687. The maximum absolute atomic E-state index is 12.0. The SMILES string of the molecule is CC1(C)OB(c2cnc(N3CC4(CCCS(=O)(=O)C4)C3)c(C#N)c2)OC1(C)C. The molecule has 1 spiro atoms. The molecular formula is C19H26BN3O4S. The minimum absolute atomic E-state index is 0.185. The highest BCUT2D eigenvalue weighted by Crippen LogP contribution is 2.42. The highest BCUT2D eigenvalue weighted by atomic mass is 32.2. The van der Waals surface area contributed by atoms with Gasteiger partial charge < -0.3 is 14.2 Å². The number of nitriles is 1. The summed E-state index contributed by atoms with van der Waals surface area (Å²) in [6, 6.07) is 4.00. The van der Waals surface area contributed by atoms with Gasteiger partial charge in [0.1, 0.15) is 11.9 Å². The van der Waals surface area contributed by atoms with E-state index in [4.69, 9.17) is 9.31 Å². The molecule has 0 N–H and O–H groups in total. The van der Waals surface area contributed by atoms with Crippen LogP contribution in [0, 0.1) is 16.7 Å². The van der Waals surface area contributed by atoms with Crippen LogP contribution in [0.15, 0.2) is 12.3 Å². The van der Waals surface area contributed by atoms with Gasteiger partial charge in [-0.25, -0.2) is 13.4 Å². The van der Waals surface area contributed by atoms with Crippen LogP contribution in [-0.4, -0.2) is 56.3 Å². The number of anilines is 1. The molecule has 0 bridgehead atoms. The summed E-state index contributed by atoms with van der Waals surface area (Å²) in [5.41, 5.74) is 0.0737. The lowest BCUT2D eigenvalue weighted by Gasteiger charge is -2.52. The van der Waals surface area contributed by atoms with Crippen molar-refractivity contribution in [1.29, 1.82) is 5.26 Å². The second-order valence-electron chi connectivity index (χ2n) is 9.39. The van der Waals surface area contributed by atoms with Gasteiger partial charge in [-0.3, -0.25) is 0 Å². The molecule has 7 nitrogen and oxygen atoms in total.